The molecule has 0 radical (unpaired) electrons. The van der Waals surface area contributed by atoms with E-state index in [1.54, 1.807) is 0 Å². The van der Waals surface area contributed by atoms with E-state index in [4.69, 9.17) is 5.11 Å². The molecule has 0 aliphatic rings. The third-order valence-corrected chi connectivity index (χ3v) is 4.88. The Morgan fingerprint density at radius 1 is 1.25 bits per heavy atom. The van der Waals surface area contributed by atoms with Gasteiger partial charge in [-0.1, -0.05) is 12.8 Å². The molecule has 1 unspecified atom stereocenters. The topological polar surface area (TPSA) is 66.4 Å². The third-order valence-electron chi connectivity index (χ3n) is 2.37. The molecule has 4 nitrogen and oxygen atoms in total. The van der Waals surface area contributed by atoms with E-state index in [1.807, 2.05) is 11.8 Å². The summed E-state index contributed by atoms with van der Waals surface area (Å²) in [5.74, 6) is 1.17. The zero-order valence-corrected chi connectivity index (χ0v) is 11.7. The van der Waals surface area contributed by atoms with Crippen molar-refractivity contribution in [1.82, 2.24) is 4.72 Å². The minimum Gasteiger partial charge on any atom is -0.395 e. The second-order valence-corrected chi connectivity index (χ2v) is 7.01. The summed E-state index contributed by atoms with van der Waals surface area (Å²) in [5, 5.41) is 8.03. The minimum absolute atomic E-state index is 0.330. The highest BCUT2D eigenvalue weighted by Crippen LogP contribution is 2.04. The van der Waals surface area contributed by atoms with E-state index in [-0.39, 0.29) is 6.61 Å². The maximum Gasteiger partial charge on any atom is 0.216 e. The van der Waals surface area contributed by atoms with Crippen LogP contribution in [-0.2, 0) is 10.0 Å². The molecule has 0 amide bonds. The first-order chi connectivity index (χ1) is 7.54. The van der Waals surface area contributed by atoms with Gasteiger partial charge in [0.2, 0.25) is 10.0 Å². The van der Waals surface area contributed by atoms with E-state index in [0.717, 1.165) is 19.3 Å². The quantitative estimate of drug-likeness (QED) is 0.585. The molecule has 0 aliphatic carbocycles. The first kappa shape index (κ1) is 16.2. The van der Waals surface area contributed by atoms with E-state index in [1.165, 1.54) is 19.1 Å². The Kier molecular flexibility index (Phi) is 9.40. The average molecular weight is 269 g/mol. The molecular weight excluding hydrogens is 246 g/mol. The number of unbranched alkanes of at least 4 members (excludes halogenated alkanes) is 3. The van der Waals surface area contributed by atoms with Gasteiger partial charge in [0, 0.05) is 6.54 Å². The minimum atomic E-state index is -3.31. The summed E-state index contributed by atoms with van der Waals surface area (Å²) >= 11 is 1.84. The highest BCUT2D eigenvalue weighted by molar-refractivity contribution is 7.98. The molecule has 0 spiro atoms. The summed E-state index contributed by atoms with van der Waals surface area (Å²) in [5.41, 5.74) is 0. The van der Waals surface area contributed by atoms with Crippen LogP contribution in [0.2, 0.25) is 0 Å². The Labute approximate surface area is 103 Å². The van der Waals surface area contributed by atoms with Gasteiger partial charge in [0.1, 0.15) is 0 Å². The molecule has 0 aliphatic heterocycles. The number of rotatable bonds is 10. The predicted molar refractivity (Wildman–Crippen MR) is 70.3 cm³/mol. The van der Waals surface area contributed by atoms with Crippen LogP contribution in [-0.4, -0.2) is 43.9 Å². The van der Waals surface area contributed by atoms with Crippen molar-refractivity contribution in [3.8, 4) is 0 Å². The lowest BCUT2D eigenvalue weighted by atomic mass is 10.2. The van der Waals surface area contributed by atoms with Gasteiger partial charge in [-0.3, -0.25) is 0 Å². The number of sulfonamides is 1. The van der Waals surface area contributed by atoms with Crippen LogP contribution in [0.4, 0.5) is 0 Å². The summed E-state index contributed by atoms with van der Waals surface area (Å²) in [6.07, 6.45) is 6.35. The fourth-order valence-corrected chi connectivity index (χ4v) is 2.58. The Morgan fingerprint density at radius 3 is 2.44 bits per heavy atom. The summed E-state index contributed by atoms with van der Waals surface area (Å²) in [6, 6.07) is 0. The SMILES string of the molecule is CSCCCCCCNS(=O)(=O)C(C)CO. The van der Waals surface area contributed by atoms with Gasteiger partial charge in [-0.15, -0.1) is 0 Å². The van der Waals surface area contributed by atoms with Crippen LogP contribution in [0, 0.1) is 0 Å². The molecule has 98 valence electrons. The van der Waals surface area contributed by atoms with Crippen LogP contribution < -0.4 is 4.72 Å². The van der Waals surface area contributed by atoms with Crippen LogP contribution in [0.1, 0.15) is 32.6 Å². The zero-order valence-electron chi connectivity index (χ0n) is 10.1. The Bertz CT molecular complexity index is 255. The lowest BCUT2D eigenvalue weighted by Gasteiger charge is -2.10. The Balaban J connectivity index is 3.51. The number of nitrogens with one attached hydrogen (secondary N) is 1. The van der Waals surface area contributed by atoms with E-state index < -0.39 is 15.3 Å². The number of thioether (sulfide) groups is 1. The lowest BCUT2D eigenvalue weighted by Crippen LogP contribution is -2.35. The standard InChI is InChI=1S/C10H23NO3S2/c1-10(9-12)16(13,14)11-7-5-3-4-6-8-15-2/h10-12H,3-9H2,1-2H3. The van der Waals surface area contributed by atoms with Crippen LogP contribution in [0.25, 0.3) is 0 Å². The molecule has 0 aromatic rings. The summed E-state index contributed by atoms with van der Waals surface area (Å²) in [6.45, 7) is 1.65. The average Bonchev–Trinajstić information content (AvgIpc) is 2.26. The molecular formula is C10H23NO3S2. The molecule has 6 heteroatoms. The van der Waals surface area contributed by atoms with Crippen LogP contribution in [0.3, 0.4) is 0 Å². The molecule has 0 heterocycles. The summed E-state index contributed by atoms with van der Waals surface area (Å²) in [7, 11) is -3.31. The van der Waals surface area contributed by atoms with E-state index in [0.29, 0.717) is 6.54 Å². The van der Waals surface area contributed by atoms with E-state index in [9.17, 15) is 8.42 Å². The fraction of sp³-hybridized carbons (Fsp3) is 1.00. The summed E-state index contributed by atoms with van der Waals surface area (Å²) < 4.78 is 25.4. The van der Waals surface area contributed by atoms with Crippen molar-refractivity contribution >= 4 is 21.8 Å². The van der Waals surface area contributed by atoms with Gasteiger partial charge in [-0.05, 0) is 31.8 Å². The van der Waals surface area contributed by atoms with Crippen molar-refractivity contribution in [2.45, 2.75) is 37.9 Å². The Morgan fingerprint density at radius 2 is 1.88 bits per heavy atom. The highest BCUT2D eigenvalue weighted by atomic mass is 32.2. The van der Waals surface area contributed by atoms with Gasteiger partial charge in [-0.2, -0.15) is 11.8 Å². The molecule has 0 saturated heterocycles. The van der Waals surface area contributed by atoms with Crippen molar-refractivity contribution in [2.24, 2.45) is 0 Å². The number of aliphatic hydroxyl groups excluding tert-OH is 1. The maximum atomic E-state index is 11.4. The van der Waals surface area contributed by atoms with Crippen molar-refractivity contribution in [3.63, 3.8) is 0 Å². The molecule has 1 atom stereocenters. The molecule has 0 fully saturated rings. The zero-order chi connectivity index (χ0) is 12.4. The molecule has 0 aromatic carbocycles. The van der Waals surface area contributed by atoms with Crippen molar-refractivity contribution in [3.05, 3.63) is 0 Å². The molecule has 16 heavy (non-hydrogen) atoms. The van der Waals surface area contributed by atoms with Crippen LogP contribution in [0.5, 0.6) is 0 Å². The fourth-order valence-electron chi connectivity index (χ4n) is 1.18. The molecule has 2 N–H and O–H groups in total. The largest absolute Gasteiger partial charge is 0.395 e. The monoisotopic (exact) mass is 269 g/mol. The number of hydrogen-bond donors (Lipinski definition) is 2. The van der Waals surface area contributed by atoms with Gasteiger partial charge < -0.3 is 5.11 Å². The normalized spacial score (nSPS) is 13.9. The third kappa shape index (κ3) is 7.49. The first-order valence-electron chi connectivity index (χ1n) is 5.63. The number of aliphatic hydroxyl groups is 1. The van der Waals surface area contributed by atoms with Crippen molar-refractivity contribution < 1.29 is 13.5 Å². The Hall–Kier alpha value is 0.220. The smallest absolute Gasteiger partial charge is 0.216 e. The molecule has 0 bridgehead atoms. The predicted octanol–water partition coefficient (Wildman–Crippen LogP) is 1.21. The second kappa shape index (κ2) is 9.27. The molecule has 0 rings (SSSR count). The van der Waals surface area contributed by atoms with Crippen molar-refractivity contribution in [2.75, 3.05) is 25.2 Å². The second-order valence-electron chi connectivity index (χ2n) is 3.84. The van der Waals surface area contributed by atoms with Gasteiger partial charge in [-0.25, -0.2) is 13.1 Å². The van der Waals surface area contributed by atoms with Gasteiger partial charge in [0.05, 0.1) is 11.9 Å². The van der Waals surface area contributed by atoms with Gasteiger partial charge >= 0.3 is 0 Å². The van der Waals surface area contributed by atoms with Crippen LogP contribution >= 0.6 is 11.8 Å². The molecule has 0 saturated carbocycles. The summed E-state index contributed by atoms with van der Waals surface area (Å²) in [4.78, 5) is 0. The first-order valence-corrected chi connectivity index (χ1v) is 8.57. The molecule has 0 aromatic heterocycles. The van der Waals surface area contributed by atoms with Gasteiger partial charge in [0.25, 0.3) is 0 Å². The lowest BCUT2D eigenvalue weighted by molar-refractivity contribution is 0.294. The van der Waals surface area contributed by atoms with Crippen LogP contribution in [0.15, 0.2) is 0 Å². The van der Waals surface area contributed by atoms with E-state index in [2.05, 4.69) is 11.0 Å². The maximum absolute atomic E-state index is 11.4. The van der Waals surface area contributed by atoms with E-state index >= 15 is 0 Å². The number of hydrogen-bond acceptors (Lipinski definition) is 4. The van der Waals surface area contributed by atoms with Gasteiger partial charge in [0.15, 0.2) is 0 Å². The van der Waals surface area contributed by atoms with Crippen molar-refractivity contribution in [1.29, 1.82) is 0 Å². The highest BCUT2D eigenvalue weighted by Gasteiger charge is 2.18.